The van der Waals surface area contributed by atoms with Crippen molar-refractivity contribution in [2.45, 2.75) is 51.5 Å². The molecule has 1 heterocycles. The molecule has 1 aliphatic carbocycles. The molecule has 1 amide bonds. The summed E-state index contributed by atoms with van der Waals surface area (Å²) < 4.78 is 1.69. The monoisotopic (exact) mass is 264 g/mol. The van der Waals surface area contributed by atoms with Crippen LogP contribution in [0.2, 0.25) is 0 Å². The van der Waals surface area contributed by atoms with Crippen molar-refractivity contribution in [3.63, 3.8) is 0 Å². The van der Waals surface area contributed by atoms with Gasteiger partial charge in [0.05, 0.1) is 0 Å². The fraction of sp³-hybridized carbons (Fsp3) is 0.714. The van der Waals surface area contributed by atoms with Crippen molar-refractivity contribution in [3.8, 4) is 0 Å². The second-order valence-electron chi connectivity index (χ2n) is 5.41. The van der Waals surface area contributed by atoms with Gasteiger partial charge < -0.3 is 11.1 Å². The van der Waals surface area contributed by atoms with E-state index in [1.165, 1.54) is 19.3 Å². The zero-order chi connectivity index (χ0) is 13.7. The zero-order valence-corrected chi connectivity index (χ0v) is 11.7. The molecule has 0 spiro atoms. The normalized spacial score (nSPS) is 17.8. The maximum Gasteiger partial charge on any atom is 0.228 e. The smallest absolute Gasteiger partial charge is 0.228 e. The predicted molar refractivity (Wildman–Crippen MR) is 75.5 cm³/mol. The van der Waals surface area contributed by atoms with Crippen LogP contribution >= 0.6 is 0 Å². The molecule has 1 fully saturated rings. The van der Waals surface area contributed by atoms with Gasteiger partial charge in [-0.2, -0.15) is 5.10 Å². The maximum atomic E-state index is 12.3. The van der Waals surface area contributed by atoms with E-state index in [2.05, 4.69) is 10.4 Å². The molecule has 0 atom stereocenters. The number of aromatic nitrogens is 2. The van der Waals surface area contributed by atoms with Crippen molar-refractivity contribution in [1.82, 2.24) is 9.78 Å². The highest BCUT2D eigenvalue weighted by Crippen LogP contribution is 2.24. The van der Waals surface area contributed by atoms with E-state index in [0.717, 1.165) is 31.2 Å². The summed E-state index contributed by atoms with van der Waals surface area (Å²) in [5, 5.41) is 7.21. The van der Waals surface area contributed by atoms with Crippen molar-refractivity contribution in [1.29, 1.82) is 0 Å². The largest absolute Gasteiger partial charge is 0.326 e. The Balaban J connectivity index is 1.98. The first-order valence-electron chi connectivity index (χ1n) is 7.24. The van der Waals surface area contributed by atoms with Crippen LogP contribution in [0, 0.1) is 5.92 Å². The Morgan fingerprint density at radius 1 is 1.37 bits per heavy atom. The average molecular weight is 264 g/mol. The summed E-state index contributed by atoms with van der Waals surface area (Å²) in [6.45, 7) is 0.397. The maximum absolute atomic E-state index is 12.3. The minimum atomic E-state index is 0.107. The summed E-state index contributed by atoms with van der Waals surface area (Å²) in [5.74, 6) is 0.861. The molecule has 0 saturated heterocycles. The highest BCUT2D eigenvalue weighted by Gasteiger charge is 2.21. The number of nitrogens with one attached hydrogen (secondary N) is 1. The van der Waals surface area contributed by atoms with E-state index in [9.17, 15) is 4.79 Å². The lowest BCUT2D eigenvalue weighted by Gasteiger charge is -2.18. The summed E-state index contributed by atoms with van der Waals surface area (Å²) in [6.07, 6.45) is 9.98. The number of hydrogen-bond acceptors (Lipinski definition) is 3. The Morgan fingerprint density at radius 3 is 2.63 bits per heavy atom. The van der Waals surface area contributed by atoms with E-state index < -0.39 is 0 Å². The van der Waals surface area contributed by atoms with E-state index in [4.69, 9.17) is 5.73 Å². The van der Waals surface area contributed by atoms with Gasteiger partial charge in [0, 0.05) is 31.3 Å². The van der Waals surface area contributed by atoms with Gasteiger partial charge in [0.2, 0.25) is 5.91 Å². The lowest BCUT2D eigenvalue weighted by Crippen LogP contribution is -2.24. The number of amides is 1. The van der Waals surface area contributed by atoms with Gasteiger partial charge in [0.15, 0.2) is 5.82 Å². The molecule has 5 nitrogen and oxygen atoms in total. The first-order chi connectivity index (χ1) is 9.20. The molecule has 1 aromatic rings. The quantitative estimate of drug-likeness (QED) is 0.878. The lowest BCUT2D eigenvalue weighted by molar-refractivity contribution is -0.120. The van der Waals surface area contributed by atoms with E-state index in [1.807, 2.05) is 13.2 Å². The highest BCUT2D eigenvalue weighted by atomic mass is 16.2. The van der Waals surface area contributed by atoms with Crippen LogP contribution in [0.1, 0.15) is 50.5 Å². The molecule has 1 aliphatic rings. The molecule has 3 N–H and O–H groups in total. The molecule has 2 rings (SSSR count). The second kappa shape index (κ2) is 6.70. The van der Waals surface area contributed by atoms with E-state index in [0.29, 0.717) is 12.4 Å². The lowest BCUT2D eigenvalue weighted by atomic mass is 9.90. The number of carbonyl (C=O) groups excluding carboxylic acids is 1. The third kappa shape index (κ3) is 3.80. The van der Waals surface area contributed by atoms with Crippen LogP contribution in [0.4, 0.5) is 5.82 Å². The first kappa shape index (κ1) is 14.1. The van der Waals surface area contributed by atoms with Crippen LogP contribution in [0.5, 0.6) is 0 Å². The molecule has 5 heteroatoms. The number of anilines is 1. The molecule has 0 unspecified atom stereocenters. The summed E-state index contributed by atoms with van der Waals surface area (Å²) in [7, 11) is 1.84. The number of nitrogens with two attached hydrogens (primary N) is 1. The van der Waals surface area contributed by atoms with Gasteiger partial charge in [-0.1, -0.05) is 32.1 Å². The Kier molecular flexibility index (Phi) is 4.96. The van der Waals surface area contributed by atoms with Crippen LogP contribution in [-0.4, -0.2) is 15.7 Å². The fourth-order valence-corrected chi connectivity index (χ4v) is 2.73. The molecule has 19 heavy (non-hydrogen) atoms. The minimum absolute atomic E-state index is 0.107. The number of nitrogens with zero attached hydrogens (tertiary/aromatic N) is 2. The van der Waals surface area contributed by atoms with Gasteiger partial charge in [0.1, 0.15) is 0 Å². The number of aryl methyl sites for hydroxylation is 1. The van der Waals surface area contributed by atoms with Gasteiger partial charge in [0.25, 0.3) is 0 Å². The summed E-state index contributed by atoms with van der Waals surface area (Å²) in [6, 6.07) is 0. The van der Waals surface area contributed by atoms with Crippen molar-refractivity contribution in [3.05, 3.63) is 11.8 Å². The van der Waals surface area contributed by atoms with Gasteiger partial charge in [-0.15, -0.1) is 0 Å². The molecule has 0 aliphatic heterocycles. The van der Waals surface area contributed by atoms with Crippen molar-refractivity contribution in [2.75, 3.05) is 5.32 Å². The standard InChI is InChI=1S/C14H24N4O/c1-18-10-12(9-15)13(17-18)16-14(19)11-7-5-3-2-4-6-8-11/h10-11H,2-9,15H2,1H3,(H,16,17,19). The molecule has 0 radical (unpaired) electrons. The summed E-state index contributed by atoms with van der Waals surface area (Å²) in [4.78, 5) is 12.3. The van der Waals surface area contributed by atoms with Crippen molar-refractivity contribution in [2.24, 2.45) is 18.7 Å². The van der Waals surface area contributed by atoms with Crippen LogP contribution in [0.25, 0.3) is 0 Å². The molecule has 1 saturated carbocycles. The third-order valence-corrected chi connectivity index (χ3v) is 3.84. The topological polar surface area (TPSA) is 72.9 Å². The Bertz CT molecular complexity index is 419. The van der Waals surface area contributed by atoms with Gasteiger partial charge in [-0.3, -0.25) is 9.48 Å². The van der Waals surface area contributed by atoms with Crippen LogP contribution < -0.4 is 11.1 Å². The Labute approximate surface area is 114 Å². The fourth-order valence-electron chi connectivity index (χ4n) is 2.73. The average Bonchev–Trinajstić information content (AvgIpc) is 2.68. The van der Waals surface area contributed by atoms with Crippen molar-refractivity contribution < 1.29 is 4.79 Å². The number of rotatable bonds is 3. The van der Waals surface area contributed by atoms with Crippen LogP contribution in [0.3, 0.4) is 0 Å². The Hall–Kier alpha value is -1.36. The molecule has 106 valence electrons. The number of hydrogen-bond donors (Lipinski definition) is 2. The van der Waals surface area contributed by atoms with Gasteiger partial charge in [-0.25, -0.2) is 0 Å². The predicted octanol–water partition coefficient (Wildman–Crippen LogP) is 2.18. The molecular weight excluding hydrogens is 240 g/mol. The molecule has 1 aromatic heterocycles. The van der Waals surface area contributed by atoms with Crippen LogP contribution in [-0.2, 0) is 18.4 Å². The van der Waals surface area contributed by atoms with Gasteiger partial charge >= 0.3 is 0 Å². The summed E-state index contributed by atoms with van der Waals surface area (Å²) >= 11 is 0. The number of carbonyl (C=O) groups is 1. The van der Waals surface area contributed by atoms with Crippen molar-refractivity contribution >= 4 is 11.7 Å². The summed E-state index contributed by atoms with van der Waals surface area (Å²) in [5.41, 5.74) is 6.55. The third-order valence-electron chi connectivity index (χ3n) is 3.84. The SMILES string of the molecule is Cn1cc(CN)c(NC(=O)C2CCCCCCC2)n1. The molecule has 0 aromatic carbocycles. The first-order valence-corrected chi connectivity index (χ1v) is 7.24. The minimum Gasteiger partial charge on any atom is -0.326 e. The molecule has 0 bridgehead atoms. The molecular formula is C14H24N4O. The van der Waals surface area contributed by atoms with Gasteiger partial charge in [-0.05, 0) is 12.8 Å². The van der Waals surface area contributed by atoms with Crippen LogP contribution in [0.15, 0.2) is 6.20 Å². The van der Waals surface area contributed by atoms with E-state index in [1.54, 1.807) is 4.68 Å². The zero-order valence-electron chi connectivity index (χ0n) is 11.7. The van der Waals surface area contributed by atoms with E-state index in [-0.39, 0.29) is 11.8 Å². The van der Waals surface area contributed by atoms with E-state index >= 15 is 0 Å². The highest BCUT2D eigenvalue weighted by molar-refractivity contribution is 5.92. The Morgan fingerprint density at radius 2 is 2.00 bits per heavy atom. The second-order valence-corrected chi connectivity index (χ2v) is 5.41.